The number of halogens is 3. The highest BCUT2D eigenvalue weighted by Gasteiger charge is 2.51. The number of rotatable bonds is 5. The number of carbonyl (C=O) groups excluding carboxylic acids is 1. The van der Waals surface area contributed by atoms with Gasteiger partial charge in [-0.3, -0.25) is 14.8 Å². The maximum absolute atomic E-state index is 12.8. The molecule has 35 heavy (non-hydrogen) atoms. The molecular formula is C22H24BF3N5O4+. The fourth-order valence-corrected chi connectivity index (χ4v) is 3.29. The molecule has 2 aromatic heterocycles. The first-order chi connectivity index (χ1) is 16.3. The van der Waals surface area contributed by atoms with Crippen molar-refractivity contribution in [3.05, 3.63) is 60.0 Å². The molecule has 13 heteroatoms. The molecule has 2 amide bonds. The van der Waals surface area contributed by atoms with Gasteiger partial charge in [-0.25, -0.2) is 4.79 Å². The Hall–Kier alpha value is -3.45. The highest BCUT2D eigenvalue weighted by molar-refractivity contribution is 6.62. The van der Waals surface area contributed by atoms with E-state index in [1.165, 1.54) is 16.9 Å². The van der Waals surface area contributed by atoms with Gasteiger partial charge in [-0.05, 0) is 50.0 Å². The Morgan fingerprint density at radius 1 is 1.06 bits per heavy atom. The fraction of sp³-hybridized carbons (Fsp3) is 0.364. The van der Waals surface area contributed by atoms with Crippen LogP contribution in [0.15, 0.2) is 53.3 Å². The minimum Gasteiger partial charge on any atom is -0.399 e. The number of pyridine rings is 1. The molecular weight excluding hydrogens is 466 g/mol. The van der Waals surface area contributed by atoms with Gasteiger partial charge >= 0.3 is 25.2 Å². The molecule has 0 bridgehead atoms. The van der Waals surface area contributed by atoms with Crippen molar-refractivity contribution in [1.82, 2.24) is 10.3 Å². The summed E-state index contributed by atoms with van der Waals surface area (Å²) in [6, 6.07) is 8.81. The van der Waals surface area contributed by atoms with E-state index in [0.717, 1.165) is 23.3 Å². The monoisotopic (exact) mass is 490 g/mol. The zero-order valence-corrected chi connectivity index (χ0v) is 19.5. The van der Waals surface area contributed by atoms with Gasteiger partial charge in [-0.15, -0.1) is 0 Å². The van der Waals surface area contributed by atoms with Crippen LogP contribution in [0.1, 0.15) is 39.0 Å². The second kappa shape index (κ2) is 8.97. The highest BCUT2D eigenvalue weighted by Crippen LogP contribution is 2.36. The van der Waals surface area contributed by atoms with E-state index in [0.29, 0.717) is 6.54 Å². The third kappa shape index (κ3) is 5.62. The van der Waals surface area contributed by atoms with E-state index < -0.39 is 36.2 Å². The zero-order chi connectivity index (χ0) is 25.4. The number of urea groups is 1. The van der Waals surface area contributed by atoms with Crippen molar-refractivity contribution in [1.29, 1.82) is 0 Å². The fourth-order valence-electron chi connectivity index (χ4n) is 3.29. The molecule has 0 saturated carbocycles. The summed E-state index contributed by atoms with van der Waals surface area (Å²) in [6.07, 6.45) is -2.21. The van der Waals surface area contributed by atoms with E-state index in [2.05, 4.69) is 20.9 Å². The Labute approximate surface area is 199 Å². The van der Waals surface area contributed by atoms with Crippen LogP contribution in [0, 0.1) is 0 Å². The number of carbonyl (C=O) groups is 1. The highest BCUT2D eigenvalue weighted by atomic mass is 19.4. The molecule has 1 saturated heterocycles. The van der Waals surface area contributed by atoms with Gasteiger partial charge in [0.2, 0.25) is 11.8 Å². The van der Waals surface area contributed by atoms with Gasteiger partial charge in [-0.2, -0.15) is 13.2 Å². The number of alkyl halides is 3. The van der Waals surface area contributed by atoms with E-state index in [-0.39, 0.29) is 11.6 Å². The Morgan fingerprint density at radius 3 is 2.34 bits per heavy atom. The molecule has 3 heterocycles. The molecule has 0 atom stereocenters. The van der Waals surface area contributed by atoms with Crippen LogP contribution in [0.2, 0.25) is 0 Å². The molecule has 4 rings (SSSR count). The Balaban J connectivity index is 1.34. The lowest BCUT2D eigenvalue weighted by Gasteiger charge is -2.32. The van der Waals surface area contributed by atoms with Crippen molar-refractivity contribution in [3.63, 3.8) is 0 Å². The van der Waals surface area contributed by atoms with Crippen molar-refractivity contribution < 1.29 is 36.5 Å². The predicted octanol–water partition coefficient (Wildman–Crippen LogP) is 3.37. The summed E-state index contributed by atoms with van der Waals surface area (Å²) in [6.45, 7) is 8.32. The van der Waals surface area contributed by atoms with Crippen molar-refractivity contribution in [3.8, 4) is 0 Å². The topological polar surface area (TPSA) is 102 Å². The maximum atomic E-state index is 12.8. The minimum atomic E-state index is -4.62. The normalized spacial score (nSPS) is 16.8. The largest absolute Gasteiger partial charge is 0.494 e. The Kier molecular flexibility index (Phi) is 6.32. The number of nitrogens with zero attached hydrogens (tertiary/aromatic N) is 3. The summed E-state index contributed by atoms with van der Waals surface area (Å²) in [4.78, 5) is 15.4. The molecule has 0 unspecified atom stereocenters. The molecule has 0 radical (unpaired) electrons. The zero-order valence-electron chi connectivity index (χ0n) is 19.5. The van der Waals surface area contributed by atoms with E-state index in [1.54, 1.807) is 0 Å². The second-order valence-electron chi connectivity index (χ2n) is 9.10. The van der Waals surface area contributed by atoms with Crippen LogP contribution in [-0.4, -0.2) is 34.6 Å². The van der Waals surface area contributed by atoms with Gasteiger partial charge < -0.3 is 14.6 Å². The van der Waals surface area contributed by atoms with Crippen molar-refractivity contribution in [2.24, 2.45) is 0 Å². The number of aromatic nitrogens is 3. The first kappa shape index (κ1) is 24.7. The Morgan fingerprint density at radius 2 is 1.71 bits per heavy atom. The van der Waals surface area contributed by atoms with Crippen LogP contribution in [0.5, 0.6) is 0 Å². The predicted molar refractivity (Wildman–Crippen MR) is 120 cm³/mol. The molecule has 3 aromatic rings. The second-order valence-corrected chi connectivity index (χ2v) is 9.10. The smallest absolute Gasteiger partial charge is 0.399 e. The number of nitrogens with one attached hydrogen (secondary N) is 2. The number of anilines is 2. The SMILES string of the molecule is CC1(C)OB(c2ccc(C[n+]3cc(NC(=O)Nc4ccnc(C(F)(F)F)c4)on3)cc2)OC1(C)C. The third-order valence-corrected chi connectivity index (χ3v) is 5.90. The van der Waals surface area contributed by atoms with Gasteiger partial charge in [-0.1, -0.05) is 24.3 Å². The average Bonchev–Trinajstić information content (AvgIpc) is 3.28. The standard InChI is InChI=1S/C22H23BF3N5O4/c1-20(2)21(3,4)35-23(34-20)15-7-5-14(6-8-15)12-31-13-18(33-30-31)29-19(32)28-16-9-10-27-17(11-16)22(24,25)26/h5-11,13H,12H2,1-4H3,(H-,27,28,29,30,32)/p+1. The van der Waals surface area contributed by atoms with Crippen LogP contribution in [-0.2, 0) is 22.0 Å². The van der Waals surface area contributed by atoms with Crippen LogP contribution >= 0.6 is 0 Å². The summed E-state index contributed by atoms with van der Waals surface area (Å²) in [5.74, 6) is 0.0152. The van der Waals surface area contributed by atoms with Crippen molar-refractivity contribution in [2.75, 3.05) is 10.6 Å². The summed E-state index contributed by atoms with van der Waals surface area (Å²) >= 11 is 0. The first-order valence-electron chi connectivity index (χ1n) is 10.7. The summed E-state index contributed by atoms with van der Waals surface area (Å²) in [5, 5.41) is 8.52. The van der Waals surface area contributed by atoms with Crippen LogP contribution in [0.4, 0.5) is 29.5 Å². The first-order valence-corrected chi connectivity index (χ1v) is 10.7. The quantitative estimate of drug-likeness (QED) is 0.420. The lowest BCUT2D eigenvalue weighted by atomic mass is 9.79. The third-order valence-electron chi connectivity index (χ3n) is 5.90. The van der Waals surface area contributed by atoms with Crippen molar-refractivity contribution in [2.45, 2.75) is 51.6 Å². The molecule has 1 fully saturated rings. The van der Waals surface area contributed by atoms with Gasteiger partial charge in [0.05, 0.1) is 11.2 Å². The van der Waals surface area contributed by atoms with Gasteiger partial charge in [0, 0.05) is 17.4 Å². The molecule has 9 nitrogen and oxygen atoms in total. The average molecular weight is 490 g/mol. The molecule has 1 aliphatic rings. The molecule has 0 aliphatic carbocycles. The maximum Gasteiger partial charge on any atom is 0.494 e. The van der Waals surface area contributed by atoms with E-state index in [1.807, 2.05) is 52.0 Å². The van der Waals surface area contributed by atoms with Crippen molar-refractivity contribution >= 4 is 30.2 Å². The Bertz CT molecular complexity index is 1200. The summed E-state index contributed by atoms with van der Waals surface area (Å²) in [5.41, 5.74) is -0.240. The molecule has 0 spiro atoms. The summed E-state index contributed by atoms with van der Waals surface area (Å²) < 4.78 is 57.0. The van der Waals surface area contributed by atoms with Crippen LogP contribution in [0.25, 0.3) is 0 Å². The molecule has 1 aliphatic heterocycles. The van der Waals surface area contributed by atoms with Crippen LogP contribution in [0.3, 0.4) is 0 Å². The molecule has 184 valence electrons. The van der Waals surface area contributed by atoms with Gasteiger partial charge in [0.1, 0.15) is 5.69 Å². The lowest BCUT2D eigenvalue weighted by molar-refractivity contribution is -0.754. The van der Waals surface area contributed by atoms with E-state index >= 15 is 0 Å². The van der Waals surface area contributed by atoms with E-state index in [9.17, 15) is 18.0 Å². The lowest BCUT2D eigenvalue weighted by Crippen LogP contribution is -2.41. The van der Waals surface area contributed by atoms with E-state index in [4.69, 9.17) is 13.8 Å². The van der Waals surface area contributed by atoms with Gasteiger partial charge in [0.25, 0.3) is 6.20 Å². The number of hydrogen-bond acceptors (Lipinski definition) is 6. The molecule has 2 N–H and O–H groups in total. The number of benzene rings is 1. The number of hydrogen-bond donors (Lipinski definition) is 2. The number of amides is 2. The summed E-state index contributed by atoms with van der Waals surface area (Å²) in [7, 11) is -0.462. The minimum absolute atomic E-state index is 0.0152. The molecule has 1 aromatic carbocycles. The van der Waals surface area contributed by atoms with Gasteiger partial charge in [0.15, 0.2) is 0 Å². The van der Waals surface area contributed by atoms with Crippen LogP contribution < -0.4 is 20.8 Å².